The van der Waals surface area contributed by atoms with Gasteiger partial charge >= 0.3 is 11.9 Å². The van der Waals surface area contributed by atoms with Crippen LogP contribution in [0.5, 0.6) is 34.5 Å². The maximum atomic E-state index is 11.8. The van der Waals surface area contributed by atoms with Crippen molar-refractivity contribution < 1.29 is 45.0 Å². The Morgan fingerprint density at radius 2 is 0.829 bits per heavy atom. The molecule has 9 heteroatoms. The first-order chi connectivity index (χ1) is 16.6. The van der Waals surface area contributed by atoms with Crippen molar-refractivity contribution in [3.05, 3.63) is 83.9 Å². The van der Waals surface area contributed by atoms with Gasteiger partial charge in [-0.3, -0.25) is 0 Å². The Kier molecular flexibility index (Phi) is 5.90. The Bertz CT molecular complexity index is 1360. The third kappa shape index (κ3) is 4.64. The number of rotatable bonds is 6. The van der Waals surface area contributed by atoms with Crippen LogP contribution in [0.3, 0.4) is 0 Å². The van der Waals surface area contributed by atoms with Crippen LogP contribution in [-0.4, -0.2) is 42.6 Å². The average molecular weight is 474 g/mol. The number of hydrogen-bond donors (Lipinski definition) is 6. The van der Waals surface area contributed by atoms with Gasteiger partial charge in [0.2, 0.25) is 0 Å². The van der Waals surface area contributed by atoms with Crippen molar-refractivity contribution in [3.8, 4) is 56.8 Å². The maximum Gasteiger partial charge on any atom is 0.336 e. The minimum atomic E-state index is -1.31. The van der Waals surface area contributed by atoms with Crippen LogP contribution in [0, 0.1) is 0 Å². The second-order valence-electron chi connectivity index (χ2n) is 7.53. The van der Waals surface area contributed by atoms with Crippen molar-refractivity contribution >= 4 is 11.9 Å². The lowest BCUT2D eigenvalue weighted by molar-refractivity contribution is 0.0686. The highest BCUT2D eigenvalue weighted by molar-refractivity contribution is 5.99. The number of carboxylic acid groups (broad SMARTS) is 2. The van der Waals surface area contributed by atoms with E-state index in [1.54, 1.807) is 0 Å². The lowest BCUT2D eigenvalue weighted by Gasteiger charge is -2.17. The van der Waals surface area contributed by atoms with Gasteiger partial charge in [0, 0.05) is 22.3 Å². The van der Waals surface area contributed by atoms with Gasteiger partial charge in [0.1, 0.15) is 34.5 Å². The number of phenols is 4. The van der Waals surface area contributed by atoms with Crippen molar-refractivity contribution in [1.82, 2.24) is 0 Å². The van der Waals surface area contributed by atoms with Crippen molar-refractivity contribution in [2.75, 3.05) is 0 Å². The van der Waals surface area contributed by atoms with Crippen LogP contribution in [0.4, 0.5) is 0 Å². The molecule has 0 aliphatic heterocycles. The highest BCUT2D eigenvalue weighted by Gasteiger charge is 2.21. The van der Waals surface area contributed by atoms with Gasteiger partial charge in [-0.1, -0.05) is 0 Å². The van der Waals surface area contributed by atoms with Crippen LogP contribution >= 0.6 is 0 Å². The third-order valence-corrected chi connectivity index (χ3v) is 5.19. The molecule has 176 valence electrons. The first-order valence-corrected chi connectivity index (χ1v) is 10.1. The molecule has 35 heavy (non-hydrogen) atoms. The lowest BCUT2D eigenvalue weighted by atomic mass is 9.97. The molecule has 0 saturated heterocycles. The van der Waals surface area contributed by atoms with Crippen LogP contribution in [0.2, 0.25) is 0 Å². The van der Waals surface area contributed by atoms with E-state index in [-0.39, 0.29) is 67.9 Å². The molecule has 0 heterocycles. The molecule has 0 unspecified atom stereocenters. The van der Waals surface area contributed by atoms with Gasteiger partial charge in [0.25, 0.3) is 0 Å². The summed E-state index contributed by atoms with van der Waals surface area (Å²) in [5.41, 5.74) is 0.196. The summed E-state index contributed by atoms with van der Waals surface area (Å²) in [5.74, 6) is -3.27. The van der Waals surface area contributed by atoms with Gasteiger partial charge in [-0.2, -0.15) is 0 Å². The number of carboxylic acids is 2. The zero-order valence-corrected chi connectivity index (χ0v) is 17.8. The smallest absolute Gasteiger partial charge is 0.336 e. The summed E-state index contributed by atoms with van der Waals surface area (Å²) < 4.78 is 6.06. The summed E-state index contributed by atoms with van der Waals surface area (Å²) in [6.07, 6.45) is 0. The zero-order chi connectivity index (χ0) is 25.3. The average Bonchev–Trinajstić information content (AvgIpc) is 2.81. The number of benzene rings is 4. The molecular weight excluding hydrogens is 456 g/mol. The lowest BCUT2D eigenvalue weighted by Crippen LogP contribution is -2.01. The molecule has 0 bridgehead atoms. The van der Waals surface area contributed by atoms with Gasteiger partial charge < -0.3 is 35.4 Å². The third-order valence-electron chi connectivity index (χ3n) is 5.19. The van der Waals surface area contributed by atoms with Gasteiger partial charge in [-0.05, 0) is 72.8 Å². The molecule has 4 rings (SSSR count). The van der Waals surface area contributed by atoms with Crippen LogP contribution in [0.1, 0.15) is 20.7 Å². The Balaban J connectivity index is 1.90. The molecule has 0 aliphatic rings. The number of aromatic hydroxyl groups is 4. The second kappa shape index (κ2) is 8.99. The zero-order valence-electron chi connectivity index (χ0n) is 17.8. The molecule has 0 spiro atoms. The first kappa shape index (κ1) is 23.0. The quantitative estimate of drug-likeness (QED) is 0.225. The molecule has 0 saturated carbocycles. The molecule has 6 N–H and O–H groups in total. The standard InChI is InChI=1S/C26H18O9/c27-13-1-5-17(21(11-13)25(31)32)19-9-15(29)3-7-23(19)35-24-8-4-16(30)10-20(24)18-6-2-14(28)12-22(18)26(33)34/h1-12,27-30H,(H,31,32)(H,33,34). The van der Waals surface area contributed by atoms with E-state index in [9.17, 15) is 40.2 Å². The number of ether oxygens (including phenoxy) is 1. The molecule has 0 aliphatic carbocycles. The van der Waals surface area contributed by atoms with E-state index in [1.807, 2.05) is 0 Å². The predicted molar refractivity (Wildman–Crippen MR) is 124 cm³/mol. The molecule has 0 radical (unpaired) electrons. The molecule has 0 aromatic heterocycles. The minimum absolute atomic E-state index is 0.110. The van der Waals surface area contributed by atoms with E-state index in [4.69, 9.17) is 4.74 Å². The minimum Gasteiger partial charge on any atom is -0.508 e. The summed E-state index contributed by atoms with van der Waals surface area (Å²) in [6, 6.07) is 15.4. The Labute approximate surface area is 198 Å². The van der Waals surface area contributed by atoms with Crippen molar-refractivity contribution in [3.63, 3.8) is 0 Å². The molecular formula is C26H18O9. The maximum absolute atomic E-state index is 11.8. The summed E-state index contributed by atoms with van der Waals surface area (Å²) in [4.78, 5) is 23.6. The number of carbonyl (C=O) groups is 2. The van der Waals surface area contributed by atoms with E-state index < -0.39 is 11.9 Å². The van der Waals surface area contributed by atoms with Crippen LogP contribution in [-0.2, 0) is 0 Å². The largest absolute Gasteiger partial charge is 0.508 e. The van der Waals surface area contributed by atoms with Crippen LogP contribution < -0.4 is 4.74 Å². The molecule has 0 amide bonds. The first-order valence-electron chi connectivity index (χ1n) is 10.1. The number of aromatic carboxylic acids is 2. The summed E-state index contributed by atoms with van der Waals surface area (Å²) in [7, 11) is 0. The van der Waals surface area contributed by atoms with Crippen molar-refractivity contribution in [1.29, 1.82) is 0 Å². The normalized spacial score (nSPS) is 10.6. The fourth-order valence-electron chi connectivity index (χ4n) is 3.64. The van der Waals surface area contributed by atoms with Crippen LogP contribution in [0.15, 0.2) is 72.8 Å². The Morgan fingerprint density at radius 1 is 0.486 bits per heavy atom. The van der Waals surface area contributed by atoms with E-state index >= 15 is 0 Å². The van der Waals surface area contributed by atoms with Gasteiger partial charge in [0.15, 0.2) is 0 Å². The SMILES string of the molecule is O=C(O)c1cc(O)ccc1-c1cc(O)ccc1Oc1ccc(O)cc1-c1ccc(O)cc1C(=O)O. The highest BCUT2D eigenvalue weighted by atomic mass is 16.5. The summed E-state index contributed by atoms with van der Waals surface area (Å²) in [5, 5.41) is 58.8. The van der Waals surface area contributed by atoms with E-state index in [0.29, 0.717) is 0 Å². The van der Waals surface area contributed by atoms with Crippen LogP contribution in [0.25, 0.3) is 22.3 Å². The van der Waals surface area contributed by atoms with Gasteiger partial charge in [0.05, 0.1) is 11.1 Å². The van der Waals surface area contributed by atoms with E-state index in [1.165, 1.54) is 60.7 Å². The van der Waals surface area contributed by atoms with Gasteiger partial charge in [-0.15, -0.1) is 0 Å². The molecule has 4 aromatic carbocycles. The fourth-order valence-corrected chi connectivity index (χ4v) is 3.64. The molecule has 4 aromatic rings. The summed E-state index contributed by atoms with van der Waals surface area (Å²) >= 11 is 0. The molecule has 9 nitrogen and oxygen atoms in total. The monoisotopic (exact) mass is 474 g/mol. The Morgan fingerprint density at radius 3 is 1.20 bits per heavy atom. The second-order valence-corrected chi connectivity index (χ2v) is 7.53. The topological polar surface area (TPSA) is 165 Å². The molecule has 0 atom stereocenters. The van der Waals surface area contributed by atoms with E-state index in [2.05, 4.69) is 0 Å². The predicted octanol–water partition coefficient (Wildman–Crippen LogP) is 5.03. The fraction of sp³-hybridized carbons (Fsp3) is 0. The van der Waals surface area contributed by atoms with Crippen molar-refractivity contribution in [2.45, 2.75) is 0 Å². The highest BCUT2D eigenvalue weighted by Crippen LogP contribution is 2.43. The number of hydrogen-bond acceptors (Lipinski definition) is 7. The number of phenolic OH excluding ortho intramolecular Hbond substituents is 4. The van der Waals surface area contributed by atoms with E-state index in [0.717, 1.165) is 12.1 Å². The summed E-state index contributed by atoms with van der Waals surface area (Å²) in [6.45, 7) is 0. The van der Waals surface area contributed by atoms with Crippen molar-refractivity contribution in [2.24, 2.45) is 0 Å². The Hall–Kier alpha value is -5.18. The van der Waals surface area contributed by atoms with Gasteiger partial charge in [-0.25, -0.2) is 9.59 Å². The molecule has 0 fully saturated rings.